The van der Waals surface area contributed by atoms with Gasteiger partial charge >= 0.3 is 0 Å². The molecule has 31 heavy (non-hydrogen) atoms. The fraction of sp³-hybridized carbons (Fsp3) is 0.893. The lowest BCUT2D eigenvalue weighted by Gasteiger charge is -2.68. The van der Waals surface area contributed by atoms with Crippen molar-refractivity contribution in [2.75, 3.05) is 0 Å². The lowest BCUT2D eigenvalue weighted by Crippen LogP contribution is -2.63. The van der Waals surface area contributed by atoms with E-state index < -0.39 is 0 Å². The molecule has 0 bridgehead atoms. The van der Waals surface area contributed by atoms with Crippen molar-refractivity contribution in [3.8, 4) is 0 Å². The van der Waals surface area contributed by atoms with Crippen LogP contribution in [0, 0.1) is 45.8 Å². The zero-order valence-electron chi connectivity index (χ0n) is 20.8. The van der Waals surface area contributed by atoms with Crippen molar-refractivity contribution < 1.29 is 9.90 Å². The van der Waals surface area contributed by atoms with Crippen LogP contribution in [0.2, 0.25) is 0 Å². The van der Waals surface area contributed by atoms with Crippen molar-refractivity contribution in [3.05, 3.63) is 11.1 Å². The van der Waals surface area contributed by atoms with Gasteiger partial charge in [0.1, 0.15) is 0 Å². The average Bonchev–Trinajstić information content (AvgIpc) is 2.95. The summed E-state index contributed by atoms with van der Waals surface area (Å²) in [6.07, 6.45) is 9.63. The molecule has 174 valence electrons. The summed E-state index contributed by atoms with van der Waals surface area (Å²) < 4.78 is 0. The number of aliphatic hydroxyl groups is 1. The molecule has 0 aromatic heterocycles. The van der Waals surface area contributed by atoms with E-state index in [0.717, 1.165) is 24.3 Å². The highest BCUT2D eigenvalue weighted by molar-refractivity contribution is 6.01. The number of carbonyl (C=O) groups excluding carboxylic acids is 1. The number of fused-ring (bicyclic) bond motifs is 7. The molecule has 0 aromatic rings. The third kappa shape index (κ3) is 2.75. The van der Waals surface area contributed by atoms with Crippen LogP contribution in [0.3, 0.4) is 0 Å². The van der Waals surface area contributed by atoms with E-state index in [1.807, 2.05) is 0 Å². The molecule has 3 nitrogen and oxygen atoms in total. The number of hydrogen-bond donors (Lipinski definition) is 2. The number of nitrogens with two attached hydrogens (primary N) is 1. The Bertz CT molecular complexity index is 827. The van der Waals surface area contributed by atoms with Gasteiger partial charge in [0.15, 0.2) is 5.78 Å². The molecular formula is C28H45NO2. The fourth-order valence-corrected chi connectivity index (χ4v) is 10.3. The first-order valence-corrected chi connectivity index (χ1v) is 13.1. The highest BCUT2D eigenvalue weighted by Gasteiger charge is 2.65. The van der Waals surface area contributed by atoms with Gasteiger partial charge in [-0.3, -0.25) is 4.79 Å². The van der Waals surface area contributed by atoms with Crippen LogP contribution >= 0.6 is 0 Å². The Hall–Kier alpha value is -0.670. The summed E-state index contributed by atoms with van der Waals surface area (Å²) in [4.78, 5) is 13.0. The van der Waals surface area contributed by atoms with Gasteiger partial charge in [0, 0.05) is 12.0 Å². The second kappa shape index (κ2) is 6.69. The first-order chi connectivity index (χ1) is 14.4. The van der Waals surface area contributed by atoms with Gasteiger partial charge < -0.3 is 10.8 Å². The van der Waals surface area contributed by atoms with Gasteiger partial charge in [0.2, 0.25) is 0 Å². The first kappa shape index (κ1) is 22.1. The number of carbonyl (C=O) groups is 1. The number of allylic oxidation sites excluding steroid dienone is 1. The standard InChI is InChI=1S/C28H45NO2/c1-16(2)23-19(30)15-28(29)14-9-18-17(24(23)28)7-8-21-26(18,5)12-10-20-25(3,4)22(31)11-13-27(20,21)6/h16-18,20-22,31H,7-15,29H2,1-6H3/t17-,18?,20?,21?,22-,26-,27-,28+/m0/s1. The molecule has 4 fully saturated rings. The Morgan fingerprint density at radius 1 is 0.903 bits per heavy atom. The van der Waals surface area contributed by atoms with Crippen LogP contribution in [-0.2, 0) is 4.79 Å². The number of ketones is 1. The van der Waals surface area contributed by atoms with E-state index in [1.54, 1.807) is 0 Å². The molecule has 0 radical (unpaired) electrons. The van der Waals surface area contributed by atoms with Gasteiger partial charge in [-0.25, -0.2) is 0 Å². The minimum atomic E-state index is -0.362. The molecular weight excluding hydrogens is 382 g/mol. The van der Waals surface area contributed by atoms with Crippen molar-refractivity contribution in [1.82, 2.24) is 0 Å². The maximum absolute atomic E-state index is 13.0. The summed E-state index contributed by atoms with van der Waals surface area (Å²) >= 11 is 0. The first-order valence-electron chi connectivity index (χ1n) is 13.1. The molecule has 0 amide bonds. The van der Waals surface area contributed by atoms with Crippen LogP contribution in [0.4, 0.5) is 0 Å². The minimum absolute atomic E-state index is 0.00929. The van der Waals surface area contributed by atoms with Gasteiger partial charge in [-0.1, -0.05) is 41.5 Å². The summed E-state index contributed by atoms with van der Waals surface area (Å²) in [5.41, 5.74) is 9.75. The second-order valence-corrected chi connectivity index (χ2v) is 13.6. The largest absolute Gasteiger partial charge is 0.393 e. The summed E-state index contributed by atoms with van der Waals surface area (Å²) in [5.74, 6) is 3.10. The van der Waals surface area contributed by atoms with Crippen molar-refractivity contribution in [2.24, 2.45) is 51.6 Å². The molecule has 3 heteroatoms. The van der Waals surface area contributed by atoms with E-state index in [1.165, 1.54) is 44.1 Å². The maximum Gasteiger partial charge on any atom is 0.161 e. The zero-order chi connectivity index (χ0) is 22.6. The Labute approximate surface area is 189 Å². The molecule has 3 N–H and O–H groups in total. The highest BCUT2D eigenvalue weighted by atomic mass is 16.3. The Morgan fingerprint density at radius 2 is 1.58 bits per heavy atom. The quantitative estimate of drug-likeness (QED) is 0.568. The SMILES string of the molecule is CC(C)C1=C2[C@H]3CCC4[C@@](C)(CCC5C(C)(C)[C@@H](O)CC[C@@]54C)C3CC[C@@]2(N)CC1=O. The predicted molar refractivity (Wildman–Crippen MR) is 125 cm³/mol. The van der Waals surface area contributed by atoms with Crippen LogP contribution < -0.4 is 5.73 Å². The van der Waals surface area contributed by atoms with Crippen LogP contribution in [0.25, 0.3) is 0 Å². The third-order valence-electron chi connectivity index (χ3n) is 11.6. The second-order valence-electron chi connectivity index (χ2n) is 13.6. The number of Topliss-reactive ketones (excluding diaryl/α,β-unsaturated/α-hetero) is 1. The average molecular weight is 428 g/mol. The van der Waals surface area contributed by atoms with Crippen LogP contribution in [0.15, 0.2) is 11.1 Å². The topological polar surface area (TPSA) is 63.3 Å². The number of rotatable bonds is 1. The van der Waals surface area contributed by atoms with E-state index in [4.69, 9.17) is 5.73 Å². The fourth-order valence-electron chi connectivity index (χ4n) is 10.3. The highest BCUT2D eigenvalue weighted by Crippen LogP contribution is 2.71. The van der Waals surface area contributed by atoms with E-state index in [0.29, 0.717) is 40.8 Å². The molecule has 0 aliphatic heterocycles. The smallest absolute Gasteiger partial charge is 0.161 e. The molecule has 0 spiro atoms. The Kier molecular flexibility index (Phi) is 4.78. The molecule has 4 saturated carbocycles. The maximum atomic E-state index is 13.0. The van der Waals surface area contributed by atoms with Gasteiger partial charge in [-0.05, 0) is 108 Å². The Balaban J connectivity index is 1.55. The Morgan fingerprint density at radius 3 is 2.26 bits per heavy atom. The lowest BCUT2D eigenvalue weighted by atomic mass is 9.37. The van der Waals surface area contributed by atoms with Crippen LogP contribution in [-0.4, -0.2) is 22.5 Å². The van der Waals surface area contributed by atoms with Gasteiger partial charge in [0.05, 0.1) is 6.10 Å². The van der Waals surface area contributed by atoms with Crippen LogP contribution in [0.1, 0.15) is 99.3 Å². The van der Waals surface area contributed by atoms with Crippen molar-refractivity contribution in [3.63, 3.8) is 0 Å². The van der Waals surface area contributed by atoms with Gasteiger partial charge in [-0.15, -0.1) is 0 Å². The normalized spacial score (nSPS) is 51.3. The molecule has 5 rings (SSSR count). The molecule has 8 atom stereocenters. The predicted octanol–water partition coefficient (Wildman–Crippen LogP) is 5.65. The monoisotopic (exact) mass is 427 g/mol. The van der Waals surface area contributed by atoms with Gasteiger partial charge in [0.25, 0.3) is 0 Å². The lowest BCUT2D eigenvalue weighted by molar-refractivity contribution is -0.201. The van der Waals surface area contributed by atoms with E-state index in [9.17, 15) is 9.90 Å². The summed E-state index contributed by atoms with van der Waals surface area (Å²) in [5, 5.41) is 10.8. The van der Waals surface area contributed by atoms with E-state index in [-0.39, 0.29) is 23.0 Å². The molecule has 5 aliphatic carbocycles. The van der Waals surface area contributed by atoms with Crippen molar-refractivity contribution in [1.29, 1.82) is 0 Å². The summed E-state index contributed by atoms with van der Waals surface area (Å²) in [6, 6.07) is 0. The van der Waals surface area contributed by atoms with Crippen molar-refractivity contribution >= 4 is 5.78 Å². The number of hydrogen-bond acceptors (Lipinski definition) is 3. The summed E-state index contributed by atoms with van der Waals surface area (Å²) in [6.45, 7) is 14.2. The minimum Gasteiger partial charge on any atom is -0.393 e. The molecule has 5 aliphatic rings. The zero-order valence-corrected chi connectivity index (χ0v) is 20.8. The molecule has 0 aromatic carbocycles. The van der Waals surface area contributed by atoms with Crippen molar-refractivity contribution in [2.45, 2.75) is 111 Å². The molecule has 0 saturated heterocycles. The van der Waals surface area contributed by atoms with Crippen LogP contribution in [0.5, 0.6) is 0 Å². The molecule has 3 unspecified atom stereocenters. The van der Waals surface area contributed by atoms with Gasteiger partial charge in [-0.2, -0.15) is 0 Å². The third-order valence-corrected chi connectivity index (χ3v) is 11.6. The number of aliphatic hydroxyl groups excluding tert-OH is 1. The van der Waals surface area contributed by atoms with E-state index >= 15 is 0 Å². The molecule has 0 heterocycles. The summed E-state index contributed by atoms with van der Waals surface area (Å²) in [7, 11) is 0. The van der Waals surface area contributed by atoms with E-state index in [2.05, 4.69) is 41.5 Å².